The molecule has 2 aromatic rings. The molecule has 0 unspecified atom stereocenters. The monoisotopic (exact) mass is 350 g/mol. The van der Waals surface area contributed by atoms with Crippen molar-refractivity contribution in [2.45, 2.75) is 0 Å². The van der Waals surface area contributed by atoms with Crippen molar-refractivity contribution in [2.24, 2.45) is 0 Å². The molecule has 0 atom stereocenters. The van der Waals surface area contributed by atoms with Gasteiger partial charge in [-0.15, -0.1) is 0 Å². The number of aromatic nitrogens is 1. The molecule has 20 heavy (non-hydrogen) atoms. The molecule has 1 amide bonds. The molecule has 1 aromatic carbocycles. The van der Waals surface area contributed by atoms with Crippen LogP contribution in [0, 0.1) is 0 Å². The van der Waals surface area contributed by atoms with Crippen LogP contribution < -0.4 is 5.32 Å². The second kappa shape index (κ2) is 6.06. The van der Waals surface area contributed by atoms with Gasteiger partial charge >= 0.3 is 0 Å². The van der Waals surface area contributed by atoms with Gasteiger partial charge < -0.3 is 10.4 Å². The fourth-order valence-electron chi connectivity index (χ4n) is 1.41. The van der Waals surface area contributed by atoms with Gasteiger partial charge in [0.15, 0.2) is 5.75 Å². The number of phenols is 1. The SMILES string of the molecule is O=C(Nc1cc(Cl)c(O)c(Cl)c1)c1nc(Cl)ccc1Cl. The molecule has 1 heterocycles. The first kappa shape index (κ1) is 15.2. The molecule has 0 bridgehead atoms. The Hall–Kier alpha value is -1.20. The highest BCUT2D eigenvalue weighted by Crippen LogP contribution is 2.34. The average Bonchev–Trinajstić information content (AvgIpc) is 2.38. The summed E-state index contributed by atoms with van der Waals surface area (Å²) in [6, 6.07) is 5.62. The number of halogens is 4. The van der Waals surface area contributed by atoms with Crippen molar-refractivity contribution in [1.82, 2.24) is 4.98 Å². The second-order valence-electron chi connectivity index (χ2n) is 3.71. The molecule has 104 valence electrons. The predicted octanol–water partition coefficient (Wildman–Crippen LogP) is 4.65. The van der Waals surface area contributed by atoms with Crippen molar-refractivity contribution in [2.75, 3.05) is 5.32 Å². The molecule has 0 radical (unpaired) electrons. The minimum Gasteiger partial charge on any atom is -0.505 e. The van der Waals surface area contributed by atoms with E-state index in [4.69, 9.17) is 46.4 Å². The number of aromatic hydroxyl groups is 1. The van der Waals surface area contributed by atoms with Crippen molar-refractivity contribution >= 4 is 58.0 Å². The second-order valence-corrected chi connectivity index (χ2v) is 5.32. The van der Waals surface area contributed by atoms with Crippen LogP contribution in [0.3, 0.4) is 0 Å². The van der Waals surface area contributed by atoms with Gasteiger partial charge in [0.2, 0.25) is 0 Å². The van der Waals surface area contributed by atoms with Crippen LogP contribution in [0.2, 0.25) is 20.2 Å². The lowest BCUT2D eigenvalue weighted by Gasteiger charge is -2.08. The summed E-state index contributed by atoms with van der Waals surface area (Å²) in [6.07, 6.45) is 0. The smallest absolute Gasteiger partial charge is 0.275 e. The number of nitrogens with zero attached hydrogens (tertiary/aromatic N) is 1. The van der Waals surface area contributed by atoms with Crippen LogP contribution in [-0.4, -0.2) is 16.0 Å². The summed E-state index contributed by atoms with van der Waals surface area (Å²) in [4.78, 5) is 15.9. The first-order valence-corrected chi connectivity index (χ1v) is 6.71. The lowest BCUT2D eigenvalue weighted by Crippen LogP contribution is -2.14. The molecule has 0 aliphatic rings. The molecule has 0 aliphatic heterocycles. The Morgan fingerprint density at radius 3 is 2.25 bits per heavy atom. The average molecular weight is 352 g/mol. The van der Waals surface area contributed by atoms with E-state index in [-0.39, 0.29) is 31.7 Å². The Morgan fingerprint density at radius 2 is 1.65 bits per heavy atom. The van der Waals surface area contributed by atoms with Gasteiger partial charge in [-0.1, -0.05) is 46.4 Å². The van der Waals surface area contributed by atoms with Crippen LogP contribution in [-0.2, 0) is 0 Å². The van der Waals surface area contributed by atoms with E-state index in [0.717, 1.165) is 0 Å². The highest BCUT2D eigenvalue weighted by Gasteiger charge is 2.15. The van der Waals surface area contributed by atoms with Crippen molar-refractivity contribution in [3.05, 3.63) is 50.2 Å². The standard InChI is InChI=1S/C12H6Cl4N2O2/c13-6-1-2-9(16)18-10(6)12(20)17-5-3-7(14)11(19)8(15)4-5/h1-4,19H,(H,17,20). The van der Waals surface area contributed by atoms with E-state index in [9.17, 15) is 9.90 Å². The number of anilines is 1. The highest BCUT2D eigenvalue weighted by molar-refractivity contribution is 6.38. The summed E-state index contributed by atoms with van der Waals surface area (Å²) in [7, 11) is 0. The predicted molar refractivity (Wildman–Crippen MR) is 80.3 cm³/mol. The van der Waals surface area contributed by atoms with E-state index in [1.165, 1.54) is 24.3 Å². The first-order chi connectivity index (χ1) is 9.38. The zero-order valence-electron chi connectivity index (χ0n) is 9.62. The lowest BCUT2D eigenvalue weighted by molar-refractivity contribution is 0.102. The topological polar surface area (TPSA) is 62.2 Å². The summed E-state index contributed by atoms with van der Waals surface area (Å²) in [5, 5.41) is 12.3. The molecular formula is C12H6Cl4N2O2. The molecule has 0 saturated heterocycles. The van der Waals surface area contributed by atoms with E-state index in [2.05, 4.69) is 10.3 Å². The molecule has 8 heteroatoms. The molecule has 2 rings (SSSR count). The maximum absolute atomic E-state index is 12.0. The largest absolute Gasteiger partial charge is 0.505 e. The Balaban J connectivity index is 2.30. The van der Waals surface area contributed by atoms with Gasteiger partial charge in [-0.05, 0) is 24.3 Å². The van der Waals surface area contributed by atoms with E-state index >= 15 is 0 Å². The molecule has 0 aliphatic carbocycles. The van der Waals surface area contributed by atoms with Crippen LogP contribution in [0.25, 0.3) is 0 Å². The van der Waals surface area contributed by atoms with Crippen LogP contribution in [0.1, 0.15) is 10.5 Å². The van der Waals surface area contributed by atoms with Crippen molar-refractivity contribution in [3.63, 3.8) is 0 Å². The Morgan fingerprint density at radius 1 is 1.05 bits per heavy atom. The molecule has 0 spiro atoms. The Bertz CT molecular complexity index is 668. The summed E-state index contributed by atoms with van der Waals surface area (Å²) >= 11 is 23.1. The van der Waals surface area contributed by atoms with Crippen LogP contribution in [0.5, 0.6) is 5.75 Å². The number of hydrogen-bond donors (Lipinski definition) is 2. The van der Waals surface area contributed by atoms with Gasteiger partial charge in [0.25, 0.3) is 5.91 Å². The maximum atomic E-state index is 12.0. The van der Waals surface area contributed by atoms with E-state index < -0.39 is 5.91 Å². The van der Waals surface area contributed by atoms with E-state index in [1.54, 1.807) is 0 Å². The van der Waals surface area contributed by atoms with Crippen LogP contribution >= 0.6 is 46.4 Å². The summed E-state index contributed by atoms with van der Waals surface area (Å²) in [6.45, 7) is 0. The van der Waals surface area contributed by atoms with Gasteiger partial charge in [0.05, 0.1) is 15.1 Å². The maximum Gasteiger partial charge on any atom is 0.275 e. The molecule has 0 saturated carbocycles. The number of phenolic OH excluding ortho intramolecular Hbond substituents is 1. The fraction of sp³-hybridized carbons (Fsp3) is 0. The lowest BCUT2D eigenvalue weighted by atomic mass is 10.2. The number of carbonyl (C=O) groups excluding carboxylic acids is 1. The number of amides is 1. The fourth-order valence-corrected chi connectivity index (χ4v) is 2.23. The molecule has 1 aromatic heterocycles. The first-order valence-electron chi connectivity index (χ1n) is 5.20. The summed E-state index contributed by atoms with van der Waals surface area (Å²) in [5.74, 6) is -0.833. The number of rotatable bonds is 2. The number of nitrogens with one attached hydrogen (secondary N) is 1. The Kier molecular flexibility index (Phi) is 4.60. The number of hydrogen-bond acceptors (Lipinski definition) is 3. The molecule has 2 N–H and O–H groups in total. The normalized spacial score (nSPS) is 10.4. The van der Waals surface area contributed by atoms with Crippen LogP contribution in [0.15, 0.2) is 24.3 Å². The summed E-state index contributed by atoms with van der Waals surface area (Å²) in [5.41, 5.74) is 0.264. The number of carbonyl (C=O) groups is 1. The van der Waals surface area contributed by atoms with Crippen molar-refractivity contribution < 1.29 is 9.90 Å². The van der Waals surface area contributed by atoms with E-state index in [0.29, 0.717) is 5.69 Å². The third kappa shape index (κ3) is 3.27. The number of pyridine rings is 1. The molecule has 0 fully saturated rings. The minimum absolute atomic E-state index is 0.0120. The van der Waals surface area contributed by atoms with Gasteiger partial charge in [0.1, 0.15) is 10.8 Å². The van der Waals surface area contributed by atoms with Gasteiger partial charge in [-0.3, -0.25) is 4.79 Å². The number of benzene rings is 1. The third-order valence-corrected chi connectivity index (χ3v) is 3.39. The molecule has 4 nitrogen and oxygen atoms in total. The summed E-state index contributed by atoms with van der Waals surface area (Å²) < 4.78 is 0. The van der Waals surface area contributed by atoms with Gasteiger partial charge in [-0.25, -0.2) is 4.98 Å². The van der Waals surface area contributed by atoms with Crippen LogP contribution in [0.4, 0.5) is 5.69 Å². The minimum atomic E-state index is -0.574. The van der Waals surface area contributed by atoms with E-state index in [1.807, 2.05) is 0 Å². The molecular weight excluding hydrogens is 346 g/mol. The van der Waals surface area contributed by atoms with Crippen molar-refractivity contribution in [1.29, 1.82) is 0 Å². The third-order valence-electron chi connectivity index (χ3n) is 2.30. The van der Waals surface area contributed by atoms with Gasteiger partial charge in [-0.2, -0.15) is 0 Å². The van der Waals surface area contributed by atoms with Gasteiger partial charge in [0, 0.05) is 5.69 Å². The zero-order chi connectivity index (χ0) is 14.9. The van der Waals surface area contributed by atoms with Crippen molar-refractivity contribution in [3.8, 4) is 5.75 Å². The zero-order valence-corrected chi connectivity index (χ0v) is 12.6. The Labute approximate surface area is 134 Å². The highest BCUT2D eigenvalue weighted by atomic mass is 35.5. The quantitative estimate of drug-likeness (QED) is 0.611.